The zero-order chi connectivity index (χ0) is 19.2. The topological polar surface area (TPSA) is 52.1 Å². The smallest absolute Gasteiger partial charge is 0.167 e. The van der Waals surface area contributed by atoms with Crippen molar-refractivity contribution in [3.05, 3.63) is 77.8 Å². The molecule has 3 aromatic rings. The number of ether oxygens (including phenoxy) is 1. The fourth-order valence-electron chi connectivity index (χ4n) is 2.59. The van der Waals surface area contributed by atoms with E-state index < -0.39 is 5.82 Å². The van der Waals surface area contributed by atoms with E-state index in [1.165, 1.54) is 18.5 Å². The maximum Gasteiger partial charge on any atom is 0.167 e. The minimum absolute atomic E-state index is 0.0123. The minimum atomic E-state index is -0.651. The SMILES string of the molecule is CCC(=CF)COc1ccc(C(=O)Cc2ccc3cncnc3c2)cc1F. The van der Waals surface area contributed by atoms with Crippen LogP contribution in [0.4, 0.5) is 8.78 Å². The summed E-state index contributed by atoms with van der Waals surface area (Å²) in [5, 5.41) is 0.884. The molecule has 0 radical (unpaired) electrons. The Morgan fingerprint density at radius 3 is 2.81 bits per heavy atom. The van der Waals surface area contributed by atoms with Crippen LogP contribution in [0.25, 0.3) is 10.9 Å². The molecule has 0 saturated carbocycles. The molecule has 0 spiro atoms. The van der Waals surface area contributed by atoms with Crippen LogP contribution in [0.2, 0.25) is 0 Å². The van der Waals surface area contributed by atoms with Crippen LogP contribution in [0.15, 0.2) is 60.8 Å². The van der Waals surface area contributed by atoms with Gasteiger partial charge in [0, 0.05) is 23.6 Å². The molecule has 0 aliphatic rings. The predicted octanol–water partition coefficient (Wildman–Crippen LogP) is 4.84. The second-order valence-electron chi connectivity index (χ2n) is 6.07. The average Bonchev–Trinajstić information content (AvgIpc) is 2.69. The molecule has 0 unspecified atom stereocenters. The lowest BCUT2D eigenvalue weighted by molar-refractivity contribution is 0.0992. The Balaban J connectivity index is 1.71. The summed E-state index contributed by atoms with van der Waals surface area (Å²) in [4.78, 5) is 20.6. The van der Waals surface area contributed by atoms with Crippen LogP contribution < -0.4 is 4.74 Å². The van der Waals surface area contributed by atoms with Gasteiger partial charge in [0.15, 0.2) is 17.3 Å². The van der Waals surface area contributed by atoms with E-state index in [-0.39, 0.29) is 30.1 Å². The highest BCUT2D eigenvalue weighted by atomic mass is 19.1. The number of nitrogens with zero attached hydrogens (tertiary/aromatic N) is 2. The third kappa shape index (κ3) is 4.53. The molecule has 0 fully saturated rings. The Labute approximate surface area is 155 Å². The Morgan fingerprint density at radius 1 is 1.22 bits per heavy atom. The minimum Gasteiger partial charge on any atom is -0.486 e. The zero-order valence-electron chi connectivity index (χ0n) is 14.8. The number of fused-ring (bicyclic) bond motifs is 1. The zero-order valence-corrected chi connectivity index (χ0v) is 14.8. The number of aromatic nitrogens is 2. The number of rotatable bonds is 7. The number of carbonyl (C=O) groups excluding carboxylic acids is 1. The van der Waals surface area contributed by atoms with Crippen molar-refractivity contribution in [2.75, 3.05) is 6.61 Å². The van der Waals surface area contributed by atoms with Gasteiger partial charge < -0.3 is 4.74 Å². The van der Waals surface area contributed by atoms with Gasteiger partial charge in [0.05, 0.1) is 11.8 Å². The first kappa shape index (κ1) is 18.6. The molecular formula is C21H18F2N2O2. The van der Waals surface area contributed by atoms with E-state index in [0.717, 1.165) is 22.5 Å². The fraction of sp³-hybridized carbons (Fsp3) is 0.190. The molecule has 3 rings (SSSR count). The van der Waals surface area contributed by atoms with E-state index in [4.69, 9.17) is 4.74 Å². The lowest BCUT2D eigenvalue weighted by atomic mass is 10.0. The molecule has 27 heavy (non-hydrogen) atoms. The maximum atomic E-state index is 14.2. The van der Waals surface area contributed by atoms with Crippen molar-refractivity contribution in [3.63, 3.8) is 0 Å². The Kier molecular flexibility index (Phi) is 5.86. The van der Waals surface area contributed by atoms with E-state index in [1.54, 1.807) is 13.1 Å². The molecule has 138 valence electrons. The second-order valence-corrected chi connectivity index (χ2v) is 6.07. The van der Waals surface area contributed by atoms with Crippen LogP contribution in [-0.4, -0.2) is 22.4 Å². The number of ketones is 1. The molecule has 1 aromatic heterocycles. The monoisotopic (exact) mass is 368 g/mol. The van der Waals surface area contributed by atoms with Gasteiger partial charge in [-0.05, 0) is 41.8 Å². The molecule has 0 N–H and O–H groups in total. The fourth-order valence-corrected chi connectivity index (χ4v) is 2.59. The van der Waals surface area contributed by atoms with Crippen LogP contribution >= 0.6 is 0 Å². The van der Waals surface area contributed by atoms with Crippen LogP contribution in [0.3, 0.4) is 0 Å². The summed E-state index contributed by atoms with van der Waals surface area (Å²) >= 11 is 0. The normalized spacial score (nSPS) is 11.6. The molecular weight excluding hydrogens is 350 g/mol. The number of hydrogen-bond donors (Lipinski definition) is 0. The number of benzene rings is 2. The quantitative estimate of drug-likeness (QED) is 0.560. The maximum absolute atomic E-state index is 14.2. The molecule has 6 heteroatoms. The third-order valence-corrected chi connectivity index (χ3v) is 4.21. The van der Waals surface area contributed by atoms with Gasteiger partial charge in [0.1, 0.15) is 12.9 Å². The lowest BCUT2D eigenvalue weighted by Gasteiger charge is -2.09. The van der Waals surface area contributed by atoms with Gasteiger partial charge in [0.2, 0.25) is 0 Å². The summed E-state index contributed by atoms with van der Waals surface area (Å²) in [6.45, 7) is 1.75. The highest BCUT2D eigenvalue weighted by molar-refractivity contribution is 5.98. The van der Waals surface area contributed by atoms with Crippen molar-refractivity contribution in [1.29, 1.82) is 0 Å². The summed E-state index contributed by atoms with van der Waals surface area (Å²) in [5.74, 6) is -0.880. The molecule has 0 aliphatic carbocycles. The van der Waals surface area contributed by atoms with Gasteiger partial charge in [-0.2, -0.15) is 0 Å². The molecule has 0 amide bonds. The molecule has 0 aliphatic heterocycles. The molecule has 0 atom stereocenters. The van der Waals surface area contributed by atoms with Crippen molar-refractivity contribution in [2.24, 2.45) is 0 Å². The number of Topliss-reactive ketones (excluding diaryl/α,β-unsaturated/α-hetero) is 1. The van der Waals surface area contributed by atoms with Crippen molar-refractivity contribution >= 4 is 16.7 Å². The largest absolute Gasteiger partial charge is 0.486 e. The van der Waals surface area contributed by atoms with Crippen molar-refractivity contribution < 1.29 is 18.3 Å². The average molecular weight is 368 g/mol. The molecule has 0 bridgehead atoms. The predicted molar refractivity (Wildman–Crippen MR) is 98.9 cm³/mol. The van der Waals surface area contributed by atoms with E-state index in [1.807, 2.05) is 18.2 Å². The van der Waals surface area contributed by atoms with Gasteiger partial charge in [-0.15, -0.1) is 0 Å². The van der Waals surface area contributed by atoms with Crippen LogP contribution in [0.1, 0.15) is 29.3 Å². The summed E-state index contributed by atoms with van der Waals surface area (Å²) in [6, 6.07) is 9.53. The van der Waals surface area contributed by atoms with Crippen LogP contribution in [0, 0.1) is 5.82 Å². The lowest BCUT2D eigenvalue weighted by Crippen LogP contribution is -2.06. The summed E-state index contributed by atoms with van der Waals surface area (Å²) in [7, 11) is 0. The first-order valence-corrected chi connectivity index (χ1v) is 8.53. The Morgan fingerprint density at radius 2 is 2.07 bits per heavy atom. The molecule has 0 saturated heterocycles. The van der Waals surface area contributed by atoms with E-state index in [9.17, 15) is 13.6 Å². The van der Waals surface area contributed by atoms with Gasteiger partial charge in [-0.3, -0.25) is 4.79 Å². The van der Waals surface area contributed by atoms with Crippen molar-refractivity contribution in [2.45, 2.75) is 19.8 Å². The third-order valence-electron chi connectivity index (χ3n) is 4.21. The standard InChI is InChI=1S/C21H18F2N2O2/c1-2-14(10-22)12-27-21-6-5-16(9-18(21)23)20(26)8-15-3-4-17-11-24-13-25-19(17)7-15/h3-7,9-11,13H,2,8,12H2,1H3. The first-order valence-electron chi connectivity index (χ1n) is 8.53. The number of carbonyl (C=O) groups is 1. The van der Waals surface area contributed by atoms with Gasteiger partial charge in [0.25, 0.3) is 0 Å². The summed E-state index contributed by atoms with van der Waals surface area (Å²) in [5.41, 5.74) is 2.21. The van der Waals surface area contributed by atoms with E-state index in [2.05, 4.69) is 9.97 Å². The van der Waals surface area contributed by atoms with E-state index in [0.29, 0.717) is 18.3 Å². The van der Waals surface area contributed by atoms with Crippen molar-refractivity contribution in [1.82, 2.24) is 9.97 Å². The molecule has 2 aromatic carbocycles. The van der Waals surface area contributed by atoms with Gasteiger partial charge >= 0.3 is 0 Å². The Hall–Kier alpha value is -3.15. The number of hydrogen-bond acceptors (Lipinski definition) is 4. The second kappa shape index (κ2) is 8.49. The molecule has 4 nitrogen and oxygen atoms in total. The first-order chi connectivity index (χ1) is 13.1. The van der Waals surface area contributed by atoms with Crippen LogP contribution in [0.5, 0.6) is 5.75 Å². The highest BCUT2D eigenvalue weighted by Gasteiger charge is 2.12. The summed E-state index contributed by atoms with van der Waals surface area (Å²) in [6.07, 6.45) is 4.22. The van der Waals surface area contributed by atoms with Gasteiger partial charge in [-0.25, -0.2) is 18.7 Å². The van der Waals surface area contributed by atoms with Crippen LogP contribution in [-0.2, 0) is 6.42 Å². The Bertz CT molecular complexity index is 1000. The summed E-state index contributed by atoms with van der Waals surface area (Å²) < 4.78 is 32.0. The molecule has 1 heterocycles. The number of halogens is 2. The van der Waals surface area contributed by atoms with E-state index >= 15 is 0 Å². The highest BCUT2D eigenvalue weighted by Crippen LogP contribution is 2.21. The van der Waals surface area contributed by atoms with Crippen molar-refractivity contribution in [3.8, 4) is 5.75 Å². The van der Waals surface area contributed by atoms with Gasteiger partial charge in [-0.1, -0.05) is 19.1 Å².